The molecule has 0 aromatic rings. The van der Waals surface area contributed by atoms with Crippen molar-refractivity contribution in [3.63, 3.8) is 0 Å². The summed E-state index contributed by atoms with van der Waals surface area (Å²) in [7, 11) is 7.34. The number of thiocarbonyl (C=S) groups is 2. The molecule has 2 saturated heterocycles. The largest absolute Gasteiger partial charge is 0.378 e. The van der Waals surface area contributed by atoms with Crippen LogP contribution in [0, 0.1) is 0 Å². The highest BCUT2D eigenvalue weighted by molar-refractivity contribution is 8.84. The molecule has 2 aliphatic heterocycles. The average molecular weight is 501 g/mol. The van der Waals surface area contributed by atoms with E-state index in [2.05, 4.69) is 9.80 Å². The summed E-state index contributed by atoms with van der Waals surface area (Å²) < 4.78 is 12.8. The molecule has 0 unspecified atom stereocenters. The van der Waals surface area contributed by atoms with Crippen molar-refractivity contribution < 1.29 is 9.47 Å². The van der Waals surface area contributed by atoms with E-state index in [0.717, 1.165) is 61.2 Å². The van der Waals surface area contributed by atoms with Gasteiger partial charge in [0.15, 0.2) is 0 Å². The van der Waals surface area contributed by atoms with E-state index in [-0.39, 0.29) is 0 Å². The highest BCUT2D eigenvalue weighted by atomic mass is 33.1. The van der Waals surface area contributed by atoms with Gasteiger partial charge in [0.25, 0.3) is 0 Å². The quantitative estimate of drug-likeness (QED) is 0.210. The monoisotopic (exact) mass is 500 g/mol. The van der Waals surface area contributed by atoms with Gasteiger partial charge in [-0.15, -0.1) is 0 Å². The van der Waals surface area contributed by atoms with Crippen molar-refractivity contribution in [3.8, 4) is 0 Å². The molecule has 10 heteroatoms. The second-order valence-corrected chi connectivity index (χ2v) is 12.8. The Kier molecular flexibility index (Phi) is 15.2. The minimum atomic E-state index is 0.809. The van der Waals surface area contributed by atoms with Crippen LogP contribution in [0.2, 0.25) is 0 Å². The van der Waals surface area contributed by atoms with Crippen LogP contribution in [0.4, 0.5) is 0 Å². The smallest absolute Gasteiger partial charge is 0.147 e. The number of hydrogen-bond donors (Lipinski definition) is 0. The summed E-state index contributed by atoms with van der Waals surface area (Å²) in [5.41, 5.74) is 0. The van der Waals surface area contributed by atoms with E-state index in [1.54, 1.807) is 21.6 Å². The molecule has 0 aromatic carbocycles. The third-order valence-corrected chi connectivity index (χ3v) is 10.8. The molecular weight excluding hydrogens is 469 g/mol. The van der Waals surface area contributed by atoms with Gasteiger partial charge in [-0.05, 0) is 34.4 Å². The first-order valence-corrected chi connectivity index (χ1v) is 15.5. The lowest BCUT2D eigenvalue weighted by Crippen LogP contribution is -2.38. The van der Waals surface area contributed by atoms with E-state index >= 15 is 0 Å². The van der Waals surface area contributed by atoms with Gasteiger partial charge in [-0.2, -0.15) is 0 Å². The fraction of sp³-hybridized carbons (Fsp3) is 0.889. The van der Waals surface area contributed by atoms with Crippen LogP contribution in [0.25, 0.3) is 0 Å². The maximum atomic E-state index is 5.49. The van der Waals surface area contributed by atoms with Crippen LogP contribution in [0.5, 0.6) is 0 Å². The number of nitrogens with zero attached hydrogens (tertiary/aromatic N) is 2. The summed E-state index contributed by atoms with van der Waals surface area (Å²) in [6, 6.07) is 0. The fourth-order valence-electron chi connectivity index (χ4n) is 2.81. The molecule has 0 N–H and O–H groups in total. The lowest BCUT2D eigenvalue weighted by molar-refractivity contribution is 0.0702. The summed E-state index contributed by atoms with van der Waals surface area (Å²) >= 11 is 11.0. The van der Waals surface area contributed by atoms with Crippen molar-refractivity contribution in [2.45, 2.75) is 38.5 Å². The molecule has 2 rings (SSSR count). The number of unbranched alkanes of at least 4 members (excludes halogenated alkanes) is 5. The number of rotatable bonds is 11. The van der Waals surface area contributed by atoms with Crippen LogP contribution in [-0.4, -0.2) is 82.6 Å². The van der Waals surface area contributed by atoms with Crippen LogP contribution in [0.3, 0.4) is 0 Å². The second-order valence-electron chi connectivity index (χ2n) is 6.66. The summed E-state index contributed by atoms with van der Waals surface area (Å²) in [4.78, 5) is 4.53. The fourth-order valence-corrected chi connectivity index (χ4v) is 8.07. The predicted molar refractivity (Wildman–Crippen MR) is 138 cm³/mol. The molecule has 4 nitrogen and oxygen atoms in total. The number of hydrogen-bond acceptors (Lipinski definition) is 8. The summed E-state index contributed by atoms with van der Waals surface area (Å²) in [6.45, 7) is 7.02. The molecule has 2 fully saturated rings. The number of ether oxygens (including phenoxy) is 2. The van der Waals surface area contributed by atoms with Gasteiger partial charge >= 0.3 is 0 Å². The Hall–Kier alpha value is 1.10. The summed E-state index contributed by atoms with van der Waals surface area (Å²) in [5.74, 6) is 2.39. The molecular formula is C18H32N2O2S6. The van der Waals surface area contributed by atoms with Gasteiger partial charge in [0.05, 0.1) is 26.4 Å². The third kappa shape index (κ3) is 11.5. The molecule has 0 aromatic heterocycles. The minimum Gasteiger partial charge on any atom is -0.378 e. The lowest BCUT2D eigenvalue weighted by atomic mass is 10.1. The second kappa shape index (κ2) is 16.8. The zero-order chi connectivity index (χ0) is 19.9. The van der Waals surface area contributed by atoms with Crippen LogP contribution < -0.4 is 0 Å². The van der Waals surface area contributed by atoms with Crippen molar-refractivity contribution in [2.24, 2.45) is 0 Å². The lowest BCUT2D eigenvalue weighted by Gasteiger charge is -2.28. The van der Waals surface area contributed by atoms with Gasteiger partial charge in [0.2, 0.25) is 0 Å². The standard InChI is InChI=1S/C18H32N2O2S6/c23-17(19-7-11-21-12-8-19)27-25-15-5-3-1-2-4-6-16-26-28-18(24)20-9-13-22-14-10-20/h1-16H2. The number of morpholine rings is 2. The normalized spacial score (nSPS) is 17.7. The maximum Gasteiger partial charge on any atom is 0.147 e. The first-order chi connectivity index (χ1) is 13.8. The van der Waals surface area contributed by atoms with E-state index in [1.165, 1.54) is 50.0 Å². The molecule has 162 valence electrons. The average Bonchev–Trinajstić information content (AvgIpc) is 2.75. The van der Waals surface area contributed by atoms with Gasteiger partial charge in [-0.25, -0.2) is 0 Å². The van der Waals surface area contributed by atoms with Crippen LogP contribution >= 0.6 is 67.6 Å². The Morgan fingerprint density at radius 3 is 1.36 bits per heavy atom. The van der Waals surface area contributed by atoms with E-state index in [1.807, 2.05) is 21.6 Å². The van der Waals surface area contributed by atoms with E-state index in [9.17, 15) is 0 Å². The Morgan fingerprint density at radius 2 is 0.964 bits per heavy atom. The topological polar surface area (TPSA) is 24.9 Å². The molecule has 0 spiro atoms. The third-order valence-electron chi connectivity index (χ3n) is 4.50. The van der Waals surface area contributed by atoms with Gasteiger partial charge < -0.3 is 19.3 Å². The molecule has 2 aliphatic rings. The van der Waals surface area contributed by atoms with Crippen LogP contribution in [0.1, 0.15) is 38.5 Å². The van der Waals surface area contributed by atoms with Crippen molar-refractivity contribution in [1.29, 1.82) is 0 Å². The molecule has 0 amide bonds. The summed E-state index contributed by atoms with van der Waals surface area (Å²) in [5, 5.41) is 0. The SMILES string of the molecule is S=C(SSCCCCCCCCSSC(=S)N1CCOCC1)N1CCOCC1. The van der Waals surface area contributed by atoms with Gasteiger partial charge in [-0.3, -0.25) is 0 Å². The van der Waals surface area contributed by atoms with Crippen molar-refractivity contribution in [1.82, 2.24) is 9.80 Å². The van der Waals surface area contributed by atoms with Gasteiger partial charge in [0.1, 0.15) is 8.64 Å². The molecule has 0 aliphatic carbocycles. The molecule has 0 atom stereocenters. The van der Waals surface area contributed by atoms with E-state index in [4.69, 9.17) is 33.9 Å². The Labute approximate surface area is 197 Å². The molecule has 0 saturated carbocycles. The van der Waals surface area contributed by atoms with Crippen molar-refractivity contribution in [3.05, 3.63) is 0 Å². The molecule has 0 bridgehead atoms. The first-order valence-electron chi connectivity index (χ1n) is 10.1. The molecule has 2 heterocycles. The Bertz CT molecular complexity index is 406. The maximum absolute atomic E-state index is 5.49. The van der Waals surface area contributed by atoms with Crippen LogP contribution in [-0.2, 0) is 9.47 Å². The highest BCUT2D eigenvalue weighted by Crippen LogP contribution is 2.28. The first kappa shape index (κ1) is 25.4. The van der Waals surface area contributed by atoms with Gasteiger partial charge in [0, 0.05) is 37.7 Å². The highest BCUT2D eigenvalue weighted by Gasteiger charge is 2.14. The van der Waals surface area contributed by atoms with Crippen LogP contribution in [0.15, 0.2) is 0 Å². The summed E-state index contributed by atoms with van der Waals surface area (Å²) in [6.07, 6.45) is 7.96. The van der Waals surface area contributed by atoms with Crippen molar-refractivity contribution >= 4 is 76.3 Å². The van der Waals surface area contributed by atoms with Gasteiger partial charge in [-0.1, -0.05) is 71.7 Å². The predicted octanol–water partition coefficient (Wildman–Crippen LogP) is 5.32. The minimum absolute atomic E-state index is 0.809. The Morgan fingerprint density at radius 1 is 0.607 bits per heavy atom. The zero-order valence-corrected chi connectivity index (χ0v) is 21.4. The zero-order valence-electron chi connectivity index (χ0n) is 16.5. The van der Waals surface area contributed by atoms with E-state index < -0.39 is 0 Å². The molecule has 28 heavy (non-hydrogen) atoms. The van der Waals surface area contributed by atoms with E-state index in [0.29, 0.717) is 0 Å². The Balaban J connectivity index is 1.30. The van der Waals surface area contributed by atoms with Crippen molar-refractivity contribution in [2.75, 3.05) is 64.1 Å². The molecule has 0 radical (unpaired) electrons.